The van der Waals surface area contributed by atoms with E-state index in [-0.39, 0.29) is 25.0 Å². The zero-order valence-corrected chi connectivity index (χ0v) is 15.7. The standard InChI is InChI=1S/C19H27NO6/c1-14(19(23)26-4)13-20(10-5-11-21)18(22)9-6-15-12-16(24-2)7-8-17(15)25-3/h6-9,12,14,21H,5,10-11,13H2,1-4H3/b9-6+. The predicted octanol–water partition coefficient (Wildman–Crippen LogP) is 1.74. The molecule has 0 fully saturated rings. The van der Waals surface area contributed by atoms with Gasteiger partial charge in [0.2, 0.25) is 5.91 Å². The van der Waals surface area contributed by atoms with E-state index >= 15 is 0 Å². The molecular formula is C19H27NO6. The van der Waals surface area contributed by atoms with Crippen molar-refractivity contribution in [1.29, 1.82) is 0 Å². The maximum Gasteiger partial charge on any atom is 0.310 e. The number of carbonyl (C=O) groups is 2. The van der Waals surface area contributed by atoms with Gasteiger partial charge in [0.05, 0.1) is 27.2 Å². The molecule has 1 amide bonds. The van der Waals surface area contributed by atoms with Crippen LogP contribution in [0.15, 0.2) is 24.3 Å². The van der Waals surface area contributed by atoms with E-state index in [2.05, 4.69) is 0 Å². The largest absolute Gasteiger partial charge is 0.497 e. The minimum absolute atomic E-state index is 0.0379. The average molecular weight is 365 g/mol. The van der Waals surface area contributed by atoms with Crippen molar-refractivity contribution in [2.24, 2.45) is 5.92 Å². The third-order valence-corrected chi connectivity index (χ3v) is 3.84. The number of benzene rings is 1. The van der Waals surface area contributed by atoms with Gasteiger partial charge in [0.15, 0.2) is 0 Å². The molecular weight excluding hydrogens is 338 g/mol. The fourth-order valence-electron chi connectivity index (χ4n) is 2.40. The van der Waals surface area contributed by atoms with Crippen molar-refractivity contribution >= 4 is 18.0 Å². The molecule has 0 spiro atoms. The Balaban J connectivity index is 2.94. The summed E-state index contributed by atoms with van der Waals surface area (Å²) in [6.45, 7) is 2.21. The van der Waals surface area contributed by atoms with Gasteiger partial charge in [-0.2, -0.15) is 0 Å². The number of rotatable bonds is 10. The van der Waals surface area contributed by atoms with Crippen LogP contribution in [-0.4, -0.2) is 62.9 Å². The van der Waals surface area contributed by atoms with Crippen LogP contribution in [0.3, 0.4) is 0 Å². The Labute approximate surface area is 154 Å². The normalized spacial score (nSPS) is 11.9. The van der Waals surface area contributed by atoms with E-state index in [1.165, 1.54) is 18.1 Å². The first-order valence-corrected chi connectivity index (χ1v) is 8.34. The van der Waals surface area contributed by atoms with Gasteiger partial charge in [-0.3, -0.25) is 9.59 Å². The molecule has 1 N–H and O–H groups in total. The lowest BCUT2D eigenvalue weighted by molar-refractivity contribution is -0.146. The van der Waals surface area contributed by atoms with Gasteiger partial charge in [-0.25, -0.2) is 0 Å². The van der Waals surface area contributed by atoms with E-state index in [1.54, 1.807) is 45.4 Å². The molecule has 0 aliphatic heterocycles. The number of amides is 1. The van der Waals surface area contributed by atoms with Crippen LogP contribution < -0.4 is 9.47 Å². The molecule has 0 bridgehead atoms. The highest BCUT2D eigenvalue weighted by atomic mass is 16.5. The third-order valence-electron chi connectivity index (χ3n) is 3.84. The summed E-state index contributed by atoms with van der Waals surface area (Å²) in [6, 6.07) is 5.28. The van der Waals surface area contributed by atoms with Crippen LogP contribution in [0.25, 0.3) is 6.08 Å². The first-order chi connectivity index (χ1) is 12.5. The molecule has 1 atom stereocenters. The van der Waals surface area contributed by atoms with Gasteiger partial charge in [-0.1, -0.05) is 6.92 Å². The summed E-state index contributed by atoms with van der Waals surface area (Å²) in [4.78, 5) is 25.7. The zero-order chi connectivity index (χ0) is 19.5. The van der Waals surface area contributed by atoms with Gasteiger partial charge in [-0.15, -0.1) is 0 Å². The molecule has 0 heterocycles. The molecule has 1 rings (SSSR count). The highest BCUT2D eigenvalue weighted by Gasteiger charge is 2.20. The number of hydrogen-bond donors (Lipinski definition) is 1. The maximum atomic E-state index is 12.6. The predicted molar refractivity (Wildman–Crippen MR) is 98.0 cm³/mol. The van der Waals surface area contributed by atoms with Crippen molar-refractivity contribution < 1.29 is 28.9 Å². The van der Waals surface area contributed by atoms with E-state index in [1.807, 2.05) is 0 Å². The lowest BCUT2D eigenvalue weighted by Gasteiger charge is -2.23. The molecule has 144 valence electrons. The summed E-state index contributed by atoms with van der Waals surface area (Å²) in [5, 5.41) is 9.04. The summed E-state index contributed by atoms with van der Waals surface area (Å²) >= 11 is 0. The summed E-state index contributed by atoms with van der Waals surface area (Å²) in [5.74, 6) is 0.153. The average Bonchev–Trinajstić information content (AvgIpc) is 2.67. The van der Waals surface area contributed by atoms with Crippen LogP contribution in [-0.2, 0) is 14.3 Å². The van der Waals surface area contributed by atoms with Crippen molar-refractivity contribution in [1.82, 2.24) is 4.90 Å². The number of carbonyl (C=O) groups excluding carboxylic acids is 2. The van der Waals surface area contributed by atoms with Gasteiger partial charge in [0.1, 0.15) is 11.5 Å². The first-order valence-electron chi connectivity index (χ1n) is 8.34. The molecule has 1 aromatic carbocycles. The number of hydrogen-bond acceptors (Lipinski definition) is 6. The van der Waals surface area contributed by atoms with Crippen LogP contribution in [0.5, 0.6) is 11.5 Å². The van der Waals surface area contributed by atoms with Crippen molar-refractivity contribution in [3.63, 3.8) is 0 Å². The molecule has 7 nitrogen and oxygen atoms in total. The highest BCUT2D eigenvalue weighted by Crippen LogP contribution is 2.25. The molecule has 26 heavy (non-hydrogen) atoms. The second-order valence-electron chi connectivity index (χ2n) is 5.73. The van der Waals surface area contributed by atoms with Gasteiger partial charge in [-0.05, 0) is 30.7 Å². The number of methoxy groups -OCH3 is 3. The topological polar surface area (TPSA) is 85.3 Å². The first kappa shape index (κ1) is 21.5. The maximum absolute atomic E-state index is 12.6. The third kappa shape index (κ3) is 6.40. The molecule has 1 aromatic rings. The van der Waals surface area contributed by atoms with Crippen LogP contribution in [0.1, 0.15) is 18.9 Å². The smallest absolute Gasteiger partial charge is 0.310 e. The van der Waals surface area contributed by atoms with E-state index in [0.29, 0.717) is 30.0 Å². The Kier molecular flexibility index (Phi) is 9.22. The molecule has 1 unspecified atom stereocenters. The van der Waals surface area contributed by atoms with Gasteiger partial charge in [0, 0.05) is 31.3 Å². The molecule has 0 aromatic heterocycles. The second kappa shape index (κ2) is 11.1. The molecule has 7 heteroatoms. The summed E-state index contributed by atoms with van der Waals surface area (Å²) < 4.78 is 15.2. The lowest BCUT2D eigenvalue weighted by atomic mass is 10.1. The van der Waals surface area contributed by atoms with Gasteiger partial charge >= 0.3 is 5.97 Å². The second-order valence-corrected chi connectivity index (χ2v) is 5.73. The number of nitrogens with zero attached hydrogens (tertiary/aromatic N) is 1. The Morgan fingerprint density at radius 3 is 2.54 bits per heavy atom. The minimum atomic E-state index is -0.456. The quantitative estimate of drug-likeness (QED) is 0.502. The summed E-state index contributed by atoms with van der Waals surface area (Å²) in [7, 11) is 4.42. The van der Waals surface area contributed by atoms with Crippen LogP contribution in [0.4, 0.5) is 0 Å². The van der Waals surface area contributed by atoms with E-state index in [4.69, 9.17) is 19.3 Å². The van der Waals surface area contributed by atoms with Crippen molar-refractivity contribution in [3.8, 4) is 11.5 Å². The lowest BCUT2D eigenvalue weighted by Crippen LogP contribution is -2.37. The number of aliphatic hydroxyl groups excluding tert-OH is 1. The minimum Gasteiger partial charge on any atom is -0.497 e. The molecule has 0 saturated carbocycles. The van der Waals surface area contributed by atoms with E-state index < -0.39 is 5.92 Å². The van der Waals surface area contributed by atoms with Crippen LogP contribution >= 0.6 is 0 Å². The SMILES string of the molecule is COC(=O)C(C)CN(CCCO)C(=O)/C=C/c1cc(OC)ccc1OC. The van der Waals surface area contributed by atoms with Crippen LogP contribution in [0.2, 0.25) is 0 Å². The molecule has 0 radical (unpaired) electrons. The van der Waals surface area contributed by atoms with Crippen molar-refractivity contribution in [3.05, 3.63) is 29.8 Å². The summed E-state index contributed by atoms with van der Waals surface area (Å²) in [5.41, 5.74) is 0.698. The van der Waals surface area contributed by atoms with Gasteiger partial charge < -0.3 is 24.2 Å². The highest BCUT2D eigenvalue weighted by molar-refractivity contribution is 5.92. The Morgan fingerprint density at radius 2 is 1.96 bits per heavy atom. The van der Waals surface area contributed by atoms with Crippen molar-refractivity contribution in [2.45, 2.75) is 13.3 Å². The number of esters is 1. The Hall–Kier alpha value is -2.54. The molecule has 0 aliphatic carbocycles. The van der Waals surface area contributed by atoms with E-state index in [9.17, 15) is 9.59 Å². The van der Waals surface area contributed by atoms with E-state index in [0.717, 1.165) is 0 Å². The van der Waals surface area contributed by atoms with Crippen molar-refractivity contribution in [2.75, 3.05) is 41.0 Å². The van der Waals surface area contributed by atoms with Crippen LogP contribution in [0, 0.1) is 5.92 Å². The number of aliphatic hydroxyl groups is 1. The van der Waals surface area contributed by atoms with Gasteiger partial charge in [0.25, 0.3) is 0 Å². The zero-order valence-electron chi connectivity index (χ0n) is 15.7. The Morgan fingerprint density at radius 1 is 1.23 bits per heavy atom. The monoisotopic (exact) mass is 365 g/mol. The fraction of sp³-hybridized carbons (Fsp3) is 0.474. The molecule has 0 aliphatic rings. The molecule has 0 saturated heterocycles. The Bertz CT molecular complexity index is 628. The number of ether oxygens (including phenoxy) is 3. The summed E-state index contributed by atoms with van der Waals surface area (Å²) in [6.07, 6.45) is 3.48. The fourth-order valence-corrected chi connectivity index (χ4v) is 2.40.